The van der Waals surface area contributed by atoms with E-state index >= 15 is 0 Å². The molecule has 3 aromatic rings. The minimum atomic E-state index is -0.201. The van der Waals surface area contributed by atoms with Crippen molar-refractivity contribution in [1.82, 2.24) is 20.4 Å². The Labute approximate surface area is 125 Å². The molecule has 7 heteroatoms. The first-order valence-electron chi connectivity index (χ1n) is 6.39. The summed E-state index contributed by atoms with van der Waals surface area (Å²) in [6.45, 7) is 2.32. The second-order valence-electron chi connectivity index (χ2n) is 4.50. The molecule has 0 radical (unpaired) electrons. The van der Waals surface area contributed by atoms with E-state index in [4.69, 9.17) is 0 Å². The summed E-state index contributed by atoms with van der Waals surface area (Å²) in [6, 6.07) is 11.3. The molecule has 0 bridgehead atoms. The van der Waals surface area contributed by atoms with Gasteiger partial charge in [0.2, 0.25) is 0 Å². The Morgan fingerprint density at radius 1 is 1.33 bits per heavy atom. The van der Waals surface area contributed by atoms with Crippen LogP contribution in [0.4, 0.5) is 0 Å². The molecular weight excluding hydrogens is 286 g/mol. The number of fused-ring (bicyclic) bond motifs is 1. The Hall–Kier alpha value is -2.54. The summed E-state index contributed by atoms with van der Waals surface area (Å²) in [4.78, 5) is 12.4. The van der Waals surface area contributed by atoms with Gasteiger partial charge in [-0.05, 0) is 30.5 Å². The van der Waals surface area contributed by atoms with Gasteiger partial charge in [-0.25, -0.2) is 10.1 Å². The number of para-hydroxylation sites is 1. The predicted octanol–water partition coefficient (Wildman–Crippen LogP) is 2.30. The van der Waals surface area contributed by atoms with Crippen LogP contribution in [-0.2, 0) is 6.54 Å². The lowest BCUT2D eigenvalue weighted by Gasteiger charge is -2.02. The van der Waals surface area contributed by atoms with Gasteiger partial charge in [0.15, 0.2) is 0 Å². The summed E-state index contributed by atoms with van der Waals surface area (Å²) in [7, 11) is 0. The molecule has 6 nitrogen and oxygen atoms in total. The van der Waals surface area contributed by atoms with Crippen molar-refractivity contribution >= 4 is 34.0 Å². The number of benzene rings is 1. The van der Waals surface area contributed by atoms with Gasteiger partial charge in [-0.1, -0.05) is 23.4 Å². The van der Waals surface area contributed by atoms with Crippen molar-refractivity contribution in [1.29, 1.82) is 0 Å². The standard InChI is InChI=1S/C14H13N5OS/c1-10(15-17-14(20)13-7-4-8-21-13)9-19-12-6-3-2-5-11(12)16-18-19/h2-8H,9H2,1H3,(H,17,20). The molecule has 2 heterocycles. The highest BCUT2D eigenvalue weighted by molar-refractivity contribution is 7.12. The molecule has 2 aromatic heterocycles. The molecule has 106 valence electrons. The number of thiophene rings is 1. The first kappa shape index (κ1) is 13.4. The number of carbonyl (C=O) groups excluding carboxylic acids is 1. The van der Waals surface area contributed by atoms with E-state index in [0.717, 1.165) is 16.7 Å². The van der Waals surface area contributed by atoms with Gasteiger partial charge in [0.25, 0.3) is 5.91 Å². The van der Waals surface area contributed by atoms with E-state index in [9.17, 15) is 4.79 Å². The number of aromatic nitrogens is 3. The van der Waals surface area contributed by atoms with Crippen LogP contribution in [-0.4, -0.2) is 26.6 Å². The molecule has 0 spiro atoms. The molecule has 1 amide bonds. The third-order valence-corrected chi connectivity index (χ3v) is 3.76. The largest absolute Gasteiger partial charge is 0.281 e. The molecule has 1 N–H and O–H groups in total. The van der Waals surface area contributed by atoms with Crippen LogP contribution in [0.3, 0.4) is 0 Å². The zero-order valence-electron chi connectivity index (χ0n) is 11.4. The molecule has 0 atom stereocenters. The van der Waals surface area contributed by atoms with Crippen LogP contribution in [0.15, 0.2) is 46.9 Å². The summed E-state index contributed by atoms with van der Waals surface area (Å²) in [5.41, 5.74) is 5.07. The molecule has 0 aliphatic heterocycles. The Balaban J connectivity index is 1.70. The number of nitrogens with zero attached hydrogens (tertiary/aromatic N) is 4. The van der Waals surface area contributed by atoms with Gasteiger partial charge in [0.05, 0.1) is 22.7 Å². The van der Waals surface area contributed by atoms with Crippen molar-refractivity contribution < 1.29 is 4.79 Å². The summed E-state index contributed by atoms with van der Waals surface area (Å²) >= 11 is 1.38. The van der Waals surface area contributed by atoms with Crippen molar-refractivity contribution in [3.05, 3.63) is 46.7 Å². The quantitative estimate of drug-likeness (QED) is 0.593. The van der Waals surface area contributed by atoms with Crippen LogP contribution in [0.25, 0.3) is 11.0 Å². The maximum absolute atomic E-state index is 11.8. The third-order valence-electron chi connectivity index (χ3n) is 2.89. The molecule has 0 saturated heterocycles. The Bertz CT molecular complexity index is 791. The van der Waals surface area contributed by atoms with Crippen LogP contribution in [0, 0.1) is 0 Å². The summed E-state index contributed by atoms with van der Waals surface area (Å²) in [6.07, 6.45) is 0. The van der Waals surface area contributed by atoms with Gasteiger partial charge in [-0.3, -0.25) is 4.79 Å². The van der Waals surface area contributed by atoms with Gasteiger partial charge < -0.3 is 0 Å². The van der Waals surface area contributed by atoms with E-state index in [1.54, 1.807) is 10.7 Å². The minimum absolute atomic E-state index is 0.201. The monoisotopic (exact) mass is 299 g/mol. The highest BCUT2D eigenvalue weighted by Gasteiger charge is 2.06. The molecule has 0 saturated carbocycles. The second-order valence-corrected chi connectivity index (χ2v) is 5.45. The van der Waals surface area contributed by atoms with Crippen LogP contribution in [0.1, 0.15) is 16.6 Å². The molecule has 0 aliphatic carbocycles. The first-order chi connectivity index (χ1) is 10.2. The first-order valence-corrected chi connectivity index (χ1v) is 7.27. The molecular formula is C14H13N5OS. The van der Waals surface area contributed by atoms with Crippen LogP contribution in [0.5, 0.6) is 0 Å². The van der Waals surface area contributed by atoms with Crippen molar-refractivity contribution in [2.75, 3.05) is 0 Å². The van der Waals surface area contributed by atoms with E-state index < -0.39 is 0 Å². The lowest BCUT2D eigenvalue weighted by molar-refractivity contribution is 0.0958. The lowest BCUT2D eigenvalue weighted by atomic mass is 10.3. The van der Waals surface area contributed by atoms with E-state index in [1.807, 2.05) is 42.6 Å². The maximum Gasteiger partial charge on any atom is 0.281 e. The summed E-state index contributed by atoms with van der Waals surface area (Å²) in [5.74, 6) is -0.201. The molecule has 21 heavy (non-hydrogen) atoms. The van der Waals surface area contributed by atoms with E-state index in [2.05, 4.69) is 20.8 Å². The van der Waals surface area contributed by atoms with Gasteiger partial charge >= 0.3 is 0 Å². The van der Waals surface area contributed by atoms with Gasteiger partial charge in [-0.2, -0.15) is 5.10 Å². The molecule has 0 fully saturated rings. The normalized spacial score (nSPS) is 11.8. The summed E-state index contributed by atoms with van der Waals surface area (Å²) < 4.78 is 1.76. The number of hydrazone groups is 1. The topological polar surface area (TPSA) is 72.2 Å². The fourth-order valence-corrected chi connectivity index (χ4v) is 2.51. The van der Waals surface area contributed by atoms with Crippen molar-refractivity contribution in [2.45, 2.75) is 13.5 Å². The lowest BCUT2D eigenvalue weighted by Crippen LogP contribution is -2.19. The highest BCUT2D eigenvalue weighted by atomic mass is 32.1. The highest BCUT2D eigenvalue weighted by Crippen LogP contribution is 2.10. The van der Waals surface area contributed by atoms with Crippen LogP contribution >= 0.6 is 11.3 Å². The Morgan fingerprint density at radius 3 is 3.00 bits per heavy atom. The third kappa shape index (κ3) is 2.97. The van der Waals surface area contributed by atoms with Gasteiger partial charge in [0.1, 0.15) is 5.52 Å². The maximum atomic E-state index is 11.8. The average molecular weight is 299 g/mol. The van der Waals surface area contributed by atoms with Gasteiger partial charge in [0, 0.05) is 0 Å². The zero-order chi connectivity index (χ0) is 14.7. The number of amides is 1. The zero-order valence-corrected chi connectivity index (χ0v) is 12.2. The number of hydrogen-bond acceptors (Lipinski definition) is 5. The predicted molar refractivity (Wildman–Crippen MR) is 82.4 cm³/mol. The van der Waals surface area contributed by atoms with E-state index in [1.165, 1.54) is 11.3 Å². The fourth-order valence-electron chi connectivity index (χ4n) is 1.90. The molecule has 1 aromatic carbocycles. The van der Waals surface area contributed by atoms with E-state index in [-0.39, 0.29) is 5.91 Å². The second kappa shape index (κ2) is 5.84. The van der Waals surface area contributed by atoms with Crippen molar-refractivity contribution in [3.63, 3.8) is 0 Å². The van der Waals surface area contributed by atoms with E-state index in [0.29, 0.717) is 11.4 Å². The number of hydrogen-bond donors (Lipinski definition) is 1. The molecule has 0 unspecified atom stereocenters. The smallest absolute Gasteiger partial charge is 0.266 e. The number of rotatable bonds is 4. The SMILES string of the molecule is CC(Cn1nnc2ccccc21)=NNC(=O)c1cccs1. The van der Waals surface area contributed by atoms with Crippen molar-refractivity contribution in [3.8, 4) is 0 Å². The van der Waals surface area contributed by atoms with Crippen LogP contribution < -0.4 is 5.43 Å². The average Bonchev–Trinajstić information content (AvgIpc) is 3.15. The minimum Gasteiger partial charge on any atom is -0.266 e. The van der Waals surface area contributed by atoms with Gasteiger partial charge in [-0.15, -0.1) is 16.4 Å². The van der Waals surface area contributed by atoms with Crippen LogP contribution in [0.2, 0.25) is 0 Å². The molecule has 3 rings (SSSR count). The Morgan fingerprint density at radius 2 is 2.19 bits per heavy atom. The Kier molecular flexibility index (Phi) is 3.74. The molecule has 0 aliphatic rings. The summed E-state index contributed by atoms with van der Waals surface area (Å²) in [5, 5.41) is 14.1. The number of nitrogens with one attached hydrogen (secondary N) is 1. The van der Waals surface area contributed by atoms with Crippen molar-refractivity contribution in [2.24, 2.45) is 5.10 Å². The fraction of sp³-hybridized carbons (Fsp3) is 0.143. The number of carbonyl (C=O) groups is 1.